The van der Waals surface area contributed by atoms with Crippen molar-refractivity contribution in [2.24, 2.45) is 0 Å². The van der Waals surface area contributed by atoms with Gasteiger partial charge in [-0.1, -0.05) is 12.1 Å². The lowest BCUT2D eigenvalue weighted by atomic mass is 10.2. The van der Waals surface area contributed by atoms with Gasteiger partial charge in [-0.3, -0.25) is 0 Å². The van der Waals surface area contributed by atoms with Crippen LogP contribution in [-0.4, -0.2) is 13.5 Å². The number of hydrogen-bond acceptors (Lipinski definition) is 3. The predicted octanol–water partition coefficient (Wildman–Crippen LogP) is 4.97. The summed E-state index contributed by atoms with van der Waals surface area (Å²) < 4.78 is 46.1. The Labute approximate surface area is 134 Å². The molecule has 2 rings (SSSR count). The number of nitrogens with one attached hydrogen (secondary N) is 1. The van der Waals surface area contributed by atoms with Gasteiger partial charge in [0, 0.05) is 18.3 Å². The number of ether oxygens (including phenoxy) is 2. The van der Waals surface area contributed by atoms with E-state index in [9.17, 15) is 13.2 Å². The monoisotopic (exact) mass is 375 g/mol. The summed E-state index contributed by atoms with van der Waals surface area (Å²) in [7, 11) is 1.58. The van der Waals surface area contributed by atoms with E-state index < -0.39 is 6.36 Å². The van der Waals surface area contributed by atoms with E-state index in [-0.39, 0.29) is 10.2 Å². The average Bonchev–Trinajstić information content (AvgIpc) is 2.47. The normalized spacial score (nSPS) is 11.1. The molecule has 1 N–H and O–H groups in total. The van der Waals surface area contributed by atoms with Crippen molar-refractivity contribution in [1.82, 2.24) is 0 Å². The van der Waals surface area contributed by atoms with E-state index in [1.54, 1.807) is 13.2 Å². The van der Waals surface area contributed by atoms with Crippen LogP contribution >= 0.6 is 15.9 Å². The Bertz CT molecular complexity index is 630. The van der Waals surface area contributed by atoms with Crippen molar-refractivity contribution in [2.45, 2.75) is 12.9 Å². The van der Waals surface area contributed by atoms with Crippen LogP contribution in [0.5, 0.6) is 11.5 Å². The summed E-state index contributed by atoms with van der Waals surface area (Å²) >= 11 is 3.03. The van der Waals surface area contributed by atoms with Gasteiger partial charge >= 0.3 is 6.36 Å². The van der Waals surface area contributed by atoms with Crippen molar-refractivity contribution in [2.75, 3.05) is 12.4 Å². The highest BCUT2D eigenvalue weighted by atomic mass is 79.9. The molecular weight excluding hydrogens is 363 g/mol. The molecule has 0 spiro atoms. The van der Waals surface area contributed by atoms with Crippen molar-refractivity contribution in [3.05, 3.63) is 52.5 Å². The Hall–Kier alpha value is -1.89. The highest BCUT2D eigenvalue weighted by Crippen LogP contribution is 2.32. The Kier molecular flexibility index (Phi) is 5.18. The largest absolute Gasteiger partial charge is 0.573 e. The van der Waals surface area contributed by atoms with Crippen molar-refractivity contribution < 1.29 is 22.6 Å². The molecule has 7 heteroatoms. The van der Waals surface area contributed by atoms with Crippen LogP contribution in [0.3, 0.4) is 0 Å². The molecule has 0 aliphatic heterocycles. The Morgan fingerprint density at radius 3 is 2.36 bits per heavy atom. The Balaban J connectivity index is 2.04. The minimum absolute atomic E-state index is 0.236. The van der Waals surface area contributed by atoms with Crippen molar-refractivity contribution in [1.29, 1.82) is 0 Å². The molecule has 0 atom stereocenters. The first-order valence-electron chi connectivity index (χ1n) is 6.29. The van der Waals surface area contributed by atoms with Crippen LogP contribution in [0, 0.1) is 0 Å². The second-order valence-electron chi connectivity index (χ2n) is 4.39. The van der Waals surface area contributed by atoms with Gasteiger partial charge in [0.15, 0.2) is 0 Å². The highest BCUT2D eigenvalue weighted by molar-refractivity contribution is 9.10. The molecule has 0 heterocycles. The second-order valence-corrected chi connectivity index (χ2v) is 5.25. The number of anilines is 1. The third-order valence-electron chi connectivity index (χ3n) is 2.81. The Morgan fingerprint density at radius 2 is 1.77 bits per heavy atom. The van der Waals surface area contributed by atoms with Crippen molar-refractivity contribution in [3.63, 3.8) is 0 Å². The molecule has 0 aromatic heterocycles. The fourth-order valence-electron chi connectivity index (χ4n) is 1.76. The van der Waals surface area contributed by atoms with E-state index in [0.717, 1.165) is 11.3 Å². The number of alkyl halides is 3. The average molecular weight is 376 g/mol. The van der Waals surface area contributed by atoms with E-state index in [2.05, 4.69) is 26.0 Å². The molecule has 0 fully saturated rings. The van der Waals surface area contributed by atoms with Gasteiger partial charge in [-0.05, 0) is 45.8 Å². The lowest BCUT2D eigenvalue weighted by molar-refractivity contribution is -0.274. The lowest BCUT2D eigenvalue weighted by Crippen LogP contribution is -2.17. The minimum atomic E-state index is -4.73. The summed E-state index contributed by atoms with van der Waals surface area (Å²) in [6.07, 6.45) is -4.73. The fraction of sp³-hybridized carbons (Fsp3) is 0.200. The van der Waals surface area contributed by atoms with E-state index in [4.69, 9.17) is 4.74 Å². The molecule has 0 aliphatic rings. The predicted molar refractivity (Wildman–Crippen MR) is 81.1 cm³/mol. The molecule has 0 saturated heterocycles. The molecule has 0 saturated carbocycles. The molecule has 0 bridgehead atoms. The number of halogens is 4. The van der Waals surface area contributed by atoms with Gasteiger partial charge in [0.05, 0.1) is 11.6 Å². The standard InChI is InChI=1S/C15H13BrF3NO2/c1-21-12-5-2-10(3-6-12)9-20-11-4-7-13(16)14(8-11)22-15(17,18)19/h2-8,20H,9H2,1H3. The highest BCUT2D eigenvalue weighted by Gasteiger charge is 2.32. The van der Waals surface area contributed by atoms with Crippen LogP contribution in [0.2, 0.25) is 0 Å². The van der Waals surface area contributed by atoms with Crippen molar-refractivity contribution in [3.8, 4) is 11.5 Å². The van der Waals surface area contributed by atoms with Gasteiger partial charge < -0.3 is 14.8 Å². The summed E-state index contributed by atoms with van der Waals surface area (Å²) in [6.45, 7) is 0.469. The smallest absolute Gasteiger partial charge is 0.497 e. The molecule has 2 aromatic rings. The fourth-order valence-corrected chi connectivity index (χ4v) is 2.09. The third-order valence-corrected chi connectivity index (χ3v) is 3.47. The lowest BCUT2D eigenvalue weighted by Gasteiger charge is -2.13. The summed E-state index contributed by atoms with van der Waals surface area (Å²) in [5.41, 5.74) is 1.50. The second kappa shape index (κ2) is 6.91. The minimum Gasteiger partial charge on any atom is -0.497 e. The maximum absolute atomic E-state index is 12.3. The first kappa shape index (κ1) is 16.5. The zero-order chi connectivity index (χ0) is 16.2. The van der Waals surface area contributed by atoms with Gasteiger partial charge in [-0.25, -0.2) is 0 Å². The number of rotatable bonds is 5. The van der Waals surface area contributed by atoms with Crippen LogP contribution in [0.25, 0.3) is 0 Å². The molecule has 0 unspecified atom stereocenters. The molecular formula is C15H13BrF3NO2. The zero-order valence-corrected chi connectivity index (χ0v) is 13.2. The molecule has 0 amide bonds. The first-order valence-corrected chi connectivity index (χ1v) is 7.09. The molecule has 22 heavy (non-hydrogen) atoms. The molecule has 2 aromatic carbocycles. The quantitative estimate of drug-likeness (QED) is 0.800. The topological polar surface area (TPSA) is 30.5 Å². The Morgan fingerprint density at radius 1 is 1.09 bits per heavy atom. The molecule has 3 nitrogen and oxygen atoms in total. The molecule has 0 radical (unpaired) electrons. The third kappa shape index (κ3) is 4.84. The number of benzene rings is 2. The van der Waals surface area contributed by atoms with Crippen LogP contribution in [0.1, 0.15) is 5.56 Å². The van der Waals surface area contributed by atoms with Gasteiger partial charge in [0.2, 0.25) is 0 Å². The van der Waals surface area contributed by atoms with Gasteiger partial charge in [-0.15, -0.1) is 13.2 Å². The number of methoxy groups -OCH3 is 1. The maximum atomic E-state index is 12.3. The SMILES string of the molecule is COc1ccc(CNc2ccc(Br)c(OC(F)(F)F)c2)cc1. The maximum Gasteiger partial charge on any atom is 0.573 e. The summed E-state index contributed by atoms with van der Waals surface area (Å²) in [4.78, 5) is 0. The zero-order valence-electron chi connectivity index (χ0n) is 11.6. The van der Waals surface area contributed by atoms with Crippen LogP contribution in [-0.2, 0) is 6.54 Å². The van der Waals surface area contributed by atoms with E-state index in [0.29, 0.717) is 12.2 Å². The number of hydrogen-bond donors (Lipinski definition) is 1. The van der Waals surface area contributed by atoms with Gasteiger partial charge in [-0.2, -0.15) is 0 Å². The van der Waals surface area contributed by atoms with Crippen LogP contribution in [0.4, 0.5) is 18.9 Å². The van der Waals surface area contributed by atoms with Crippen molar-refractivity contribution >= 4 is 21.6 Å². The van der Waals surface area contributed by atoms with Gasteiger partial charge in [0.25, 0.3) is 0 Å². The van der Waals surface area contributed by atoms with E-state index in [1.807, 2.05) is 24.3 Å². The first-order chi connectivity index (χ1) is 10.4. The van der Waals surface area contributed by atoms with E-state index in [1.165, 1.54) is 12.1 Å². The molecule has 118 valence electrons. The summed E-state index contributed by atoms with van der Waals surface area (Å²) in [5.74, 6) is 0.459. The molecule has 0 aliphatic carbocycles. The summed E-state index contributed by atoms with van der Waals surface area (Å²) in [6, 6.07) is 11.8. The van der Waals surface area contributed by atoms with Gasteiger partial charge in [0.1, 0.15) is 11.5 Å². The summed E-state index contributed by atoms with van der Waals surface area (Å²) in [5, 5.41) is 3.04. The van der Waals surface area contributed by atoms with Crippen LogP contribution < -0.4 is 14.8 Å². The van der Waals surface area contributed by atoms with E-state index >= 15 is 0 Å². The van der Waals surface area contributed by atoms with Crippen LogP contribution in [0.15, 0.2) is 46.9 Å².